The van der Waals surface area contributed by atoms with E-state index in [0.29, 0.717) is 44.5 Å². The Balaban J connectivity index is 0.00000423. The van der Waals surface area contributed by atoms with E-state index in [1.54, 1.807) is 48.5 Å². The molecule has 5 rings (SSSR count). The third kappa shape index (κ3) is 6.56. The van der Waals surface area contributed by atoms with Crippen LogP contribution in [0.3, 0.4) is 0 Å². The van der Waals surface area contributed by atoms with E-state index in [1.807, 2.05) is 12.1 Å². The number of hydrogen-bond donors (Lipinski definition) is 1. The molecule has 207 valence electrons. The van der Waals surface area contributed by atoms with Crippen molar-refractivity contribution in [1.29, 1.82) is 0 Å². The van der Waals surface area contributed by atoms with Crippen LogP contribution in [0.25, 0.3) is 44.5 Å². The van der Waals surface area contributed by atoms with Crippen LogP contribution >= 0.6 is 0 Å². The standard InChI is InChI=1S/C34H22O8.Ce/c35-31(36)23-9-1-19(2-10-23)27-17-18-28(20-3-11-24(12-4-20)32(37)38)30(22-7-15-26(16-8-22)34(41)42)29(27)21-5-13-25(14-6-21)33(39)40;/h1-18H,(H,35,36)(H,37,38)(H,39,40)(H,41,42);/q;+3/p-3. The fourth-order valence-corrected chi connectivity index (χ4v) is 4.81. The third-order valence-corrected chi connectivity index (χ3v) is 6.90. The first-order chi connectivity index (χ1) is 20.1. The Bertz CT molecular complexity index is 1700. The molecule has 1 radical (unpaired) electrons. The molecule has 0 saturated heterocycles. The summed E-state index contributed by atoms with van der Waals surface area (Å²) in [4.78, 5) is 45.7. The van der Waals surface area contributed by atoms with Gasteiger partial charge in [-0.25, -0.2) is 4.79 Å². The van der Waals surface area contributed by atoms with Gasteiger partial charge >= 0.3 is 47.7 Å². The minimum Gasteiger partial charge on any atom is -0.545 e. The van der Waals surface area contributed by atoms with E-state index < -0.39 is 23.9 Å². The van der Waals surface area contributed by atoms with Gasteiger partial charge in [0.15, 0.2) is 0 Å². The molecular formula is C34H19CeO8. The number of carboxylic acid groups (broad SMARTS) is 4. The average molecular weight is 696 g/mol. The summed E-state index contributed by atoms with van der Waals surface area (Å²) in [7, 11) is 0. The number of aromatic carboxylic acids is 4. The molecule has 0 saturated carbocycles. The Labute approximate surface area is 279 Å². The van der Waals surface area contributed by atoms with Gasteiger partial charge in [0.1, 0.15) is 0 Å². The minimum atomic E-state index is -1.34. The van der Waals surface area contributed by atoms with Gasteiger partial charge in [-0.2, -0.15) is 0 Å². The van der Waals surface area contributed by atoms with Gasteiger partial charge in [-0.15, -0.1) is 0 Å². The molecule has 5 aromatic rings. The van der Waals surface area contributed by atoms with Crippen molar-refractivity contribution in [3.05, 3.63) is 131 Å². The first-order valence-electron chi connectivity index (χ1n) is 12.6. The quantitative estimate of drug-likeness (QED) is 0.260. The van der Waals surface area contributed by atoms with Gasteiger partial charge < -0.3 is 34.8 Å². The van der Waals surface area contributed by atoms with Crippen LogP contribution < -0.4 is 15.3 Å². The van der Waals surface area contributed by atoms with Crippen LogP contribution in [0, 0.1) is 41.7 Å². The third-order valence-electron chi connectivity index (χ3n) is 6.90. The molecule has 43 heavy (non-hydrogen) atoms. The Morgan fingerprint density at radius 3 is 0.907 bits per heavy atom. The molecule has 0 fully saturated rings. The molecule has 0 aliphatic heterocycles. The summed E-state index contributed by atoms with van der Waals surface area (Å²) < 4.78 is 0. The van der Waals surface area contributed by atoms with Gasteiger partial charge in [0.25, 0.3) is 0 Å². The van der Waals surface area contributed by atoms with Crippen LogP contribution in [-0.2, 0) is 0 Å². The van der Waals surface area contributed by atoms with Crippen LogP contribution in [0.15, 0.2) is 109 Å². The zero-order valence-corrected chi connectivity index (χ0v) is 25.3. The van der Waals surface area contributed by atoms with Gasteiger partial charge in [-0.05, 0) is 73.3 Å². The van der Waals surface area contributed by atoms with Gasteiger partial charge in [0.05, 0.1) is 23.5 Å². The number of carboxylic acids is 4. The van der Waals surface area contributed by atoms with Crippen molar-refractivity contribution >= 4 is 23.9 Å². The summed E-state index contributed by atoms with van der Waals surface area (Å²) in [6.45, 7) is 0. The van der Waals surface area contributed by atoms with Gasteiger partial charge in [-0.3, -0.25) is 0 Å². The van der Waals surface area contributed by atoms with Gasteiger partial charge in [0.2, 0.25) is 0 Å². The summed E-state index contributed by atoms with van der Waals surface area (Å²) in [5.41, 5.74) is 5.24. The zero-order valence-electron chi connectivity index (χ0n) is 22.2. The number of rotatable bonds is 8. The summed E-state index contributed by atoms with van der Waals surface area (Å²) in [5.74, 6) is -5.09. The maximum Gasteiger partial charge on any atom is 3.00 e. The molecule has 0 aliphatic carbocycles. The van der Waals surface area contributed by atoms with Crippen LogP contribution in [0.2, 0.25) is 0 Å². The van der Waals surface area contributed by atoms with Crippen LogP contribution in [0.1, 0.15) is 41.4 Å². The predicted molar refractivity (Wildman–Crippen MR) is 148 cm³/mol. The number of hydrogen-bond acceptors (Lipinski definition) is 7. The van der Waals surface area contributed by atoms with E-state index in [2.05, 4.69) is 0 Å². The first-order valence-corrected chi connectivity index (χ1v) is 12.6. The SMILES string of the molecule is O=C([O-])c1ccc(-c2ccc(-c3ccc(C(=O)[O-])cc3)c(-c3ccc(C(=O)O)cc3)c2-c2ccc(C(=O)[O-])cc2)cc1.[Ce+3]. The molecule has 0 aromatic heterocycles. The van der Waals surface area contributed by atoms with E-state index >= 15 is 0 Å². The van der Waals surface area contributed by atoms with Crippen molar-refractivity contribution in [3.63, 3.8) is 0 Å². The maximum atomic E-state index is 11.6. The normalized spacial score (nSPS) is 10.4. The predicted octanol–water partition coefficient (Wildman–Crippen LogP) is 3.14. The summed E-state index contributed by atoms with van der Waals surface area (Å²) in [5, 5.41) is 43.6. The smallest absolute Gasteiger partial charge is 0.545 e. The van der Waals surface area contributed by atoms with E-state index in [4.69, 9.17) is 0 Å². The Kier molecular flexibility index (Phi) is 9.55. The first kappa shape index (κ1) is 31.3. The molecule has 0 bridgehead atoms. The zero-order chi connectivity index (χ0) is 30.0. The molecule has 0 aliphatic rings. The van der Waals surface area contributed by atoms with E-state index in [0.717, 1.165) is 0 Å². The summed E-state index contributed by atoms with van der Waals surface area (Å²) in [6.07, 6.45) is 0. The second-order valence-electron chi connectivity index (χ2n) is 9.39. The van der Waals surface area contributed by atoms with Crippen LogP contribution in [0.5, 0.6) is 0 Å². The second-order valence-corrected chi connectivity index (χ2v) is 9.39. The largest absolute Gasteiger partial charge is 3.00 e. The molecule has 1 N–H and O–H groups in total. The van der Waals surface area contributed by atoms with E-state index in [9.17, 15) is 39.6 Å². The van der Waals surface area contributed by atoms with Gasteiger partial charge in [0, 0.05) is 0 Å². The van der Waals surface area contributed by atoms with Crippen LogP contribution in [-0.4, -0.2) is 29.0 Å². The van der Waals surface area contributed by atoms with Crippen molar-refractivity contribution < 1.29 is 81.4 Å². The Hall–Kier alpha value is -4.64. The fourth-order valence-electron chi connectivity index (χ4n) is 4.81. The van der Waals surface area contributed by atoms with Crippen molar-refractivity contribution in [3.8, 4) is 44.5 Å². The van der Waals surface area contributed by atoms with Gasteiger partial charge in [-0.1, -0.05) is 97.1 Å². The molecule has 0 heterocycles. The Morgan fingerprint density at radius 1 is 0.395 bits per heavy atom. The van der Waals surface area contributed by atoms with Crippen LogP contribution in [0.4, 0.5) is 0 Å². The molecule has 9 heteroatoms. The summed E-state index contributed by atoms with van der Waals surface area (Å²) >= 11 is 0. The molecular weight excluding hydrogens is 676 g/mol. The van der Waals surface area contributed by atoms with Crippen molar-refractivity contribution in [2.45, 2.75) is 0 Å². The maximum absolute atomic E-state index is 11.6. The molecule has 5 aromatic carbocycles. The molecule has 0 amide bonds. The average Bonchev–Trinajstić information content (AvgIpc) is 3.00. The van der Waals surface area contributed by atoms with E-state index in [-0.39, 0.29) is 64.0 Å². The van der Waals surface area contributed by atoms with Crippen molar-refractivity contribution in [2.75, 3.05) is 0 Å². The second kappa shape index (κ2) is 13.1. The monoisotopic (exact) mass is 695 g/mol. The number of carbonyl (C=O) groups excluding carboxylic acids is 3. The number of benzene rings is 5. The van der Waals surface area contributed by atoms with Crippen molar-refractivity contribution in [1.82, 2.24) is 0 Å². The Morgan fingerprint density at radius 2 is 0.651 bits per heavy atom. The van der Waals surface area contributed by atoms with Crippen molar-refractivity contribution in [2.24, 2.45) is 0 Å². The minimum absolute atomic E-state index is 0. The molecule has 0 spiro atoms. The summed E-state index contributed by atoms with van der Waals surface area (Å²) in [6, 6.07) is 28.1. The van der Waals surface area contributed by atoms with E-state index in [1.165, 1.54) is 48.5 Å². The fraction of sp³-hybridized carbons (Fsp3) is 0. The number of carbonyl (C=O) groups is 4. The molecule has 0 atom stereocenters. The topological polar surface area (TPSA) is 158 Å². The molecule has 0 unspecified atom stereocenters. The molecule has 8 nitrogen and oxygen atoms in total.